The Balaban J connectivity index is 1.57. The molecule has 0 spiro atoms. The van der Waals surface area contributed by atoms with E-state index in [9.17, 15) is 9.59 Å². The molecule has 11 heteroatoms. The van der Waals surface area contributed by atoms with Crippen molar-refractivity contribution in [3.8, 4) is 11.4 Å². The van der Waals surface area contributed by atoms with Crippen molar-refractivity contribution in [1.82, 2.24) is 25.2 Å². The maximum atomic E-state index is 13.0. The largest absolute Gasteiger partial charge is 0.444 e. The van der Waals surface area contributed by atoms with Gasteiger partial charge in [-0.15, -0.1) is 0 Å². The van der Waals surface area contributed by atoms with Crippen LogP contribution in [-0.4, -0.2) is 70.3 Å². The first-order valence-electron chi connectivity index (χ1n) is 12.6. The summed E-state index contributed by atoms with van der Waals surface area (Å²) in [4.78, 5) is 39.4. The first kappa shape index (κ1) is 28.4. The lowest BCUT2D eigenvalue weighted by Crippen LogP contribution is -2.49. The van der Waals surface area contributed by atoms with Crippen molar-refractivity contribution in [2.75, 3.05) is 26.7 Å². The van der Waals surface area contributed by atoms with E-state index in [4.69, 9.17) is 25.8 Å². The zero-order valence-electron chi connectivity index (χ0n) is 22.4. The molecule has 1 N–H and O–H groups in total. The van der Waals surface area contributed by atoms with E-state index in [0.29, 0.717) is 30.1 Å². The number of pyridine rings is 1. The van der Waals surface area contributed by atoms with Crippen molar-refractivity contribution < 1.29 is 23.8 Å². The number of nitrogens with one attached hydrogen (secondary N) is 1. The van der Waals surface area contributed by atoms with Crippen LogP contribution < -0.4 is 5.32 Å². The predicted molar refractivity (Wildman–Crippen MR) is 145 cm³/mol. The molecule has 1 fully saturated rings. The van der Waals surface area contributed by atoms with E-state index in [1.807, 2.05) is 51.1 Å². The Morgan fingerprint density at radius 3 is 2.59 bits per heavy atom. The van der Waals surface area contributed by atoms with Gasteiger partial charge in [0.15, 0.2) is 0 Å². The standard InChI is InChI=1S/C28H32ClN5O5/c1-28(2,3)39-27(36)34-13-20(16-37-15-18-8-6-5-7-9-18)38-24(14-34)19-10-22(33-25(29)11-19)21-12-23(26(35)30-4)32-17-31-21/h5-12,17,20,24H,13-16H2,1-4H3,(H,30,35). The molecule has 2 amide bonds. The van der Waals surface area contributed by atoms with Crippen LogP contribution in [0.5, 0.6) is 0 Å². The Labute approximate surface area is 232 Å². The van der Waals surface area contributed by atoms with Gasteiger partial charge < -0.3 is 24.4 Å². The maximum Gasteiger partial charge on any atom is 0.410 e. The highest BCUT2D eigenvalue weighted by Crippen LogP contribution is 2.31. The number of ether oxygens (including phenoxy) is 3. The molecule has 1 aliphatic heterocycles. The molecule has 3 heterocycles. The van der Waals surface area contributed by atoms with Gasteiger partial charge >= 0.3 is 6.09 Å². The summed E-state index contributed by atoms with van der Waals surface area (Å²) in [6.07, 6.45) is -0.0792. The first-order valence-corrected chi connectivity index (χ1v) is 13.0. The summed E-state index contributed by atoms with van der Waals surface area (Å²) >= 11 is 6.40. The number of amides is 2. The molecule has 0 radical (unpaired) electrons. The Morgan fingerprint density at radius 1 is 1.10 bits per heavy atom. The summed E-state index contributed by atoms with van der Waals surface area (Å²) in [5.74, 6) is -0.345. The van der Waals surface area contributed by atoms with E-state index >= 15 is 0 Å². The molecule has 2 aromatic heterocycles. The van der Waals surface area contributed by atoms with Gasteiger partial charge in [0.05, 0.1) is 43.8 Å². The average Bonchev–Trinajstić information content (AvgIpc) is 2.92. The molecule has 3 aromatic rings. The molecule has 4 rings (SSSR count). The first-order chi connectivity index (χ1) is 18.6. The summed E-state index contributed by atoms with van der Waals surface area (Å²) < 4.78 is 18.0. The Bertz CT molecular complexity index is 1300. The van der Waals surface area contributed by atoms with Crippen LogP contribution in [-0.2, 0) is 20.8 Å². The molecule has 0 bridgehead atoms. The van der Waals surface area contributed by atoms with Gasteiger partial charge in [-0.2, -0.15) is 0 Å². The van der Waals surface area contributed by atoms with Gasteiger partial charge in [-0.1, -0.05) is 41.9 Å². The van der Waals surface area contributed by atoms with E-state index in [-0.39, 0.29) is 29.9 Å². The van der Waals surface area contributed by atoms with Crippen LogP contribution in [0.4, 0.5) is 4.79 Å². The highest BCUT2D eigenvalue weighted by molar-refractivity contribution is 6.29. The number of aromatic nitrogens is 3. The summed E-state index contributed by atoms with van der Waals surface area (Å²) in [5.41, 5.74) is 2.17. The zero-order valence-corrected chi connectivity index (χ0v) is 23.1. The molecule has 2 unspecified atom stereocenters. The fraction of sp³-hybridized carbons (Fsp3) is 0.393. The van der Waals surface area contributed by atoms with Crippen LogP contribution in [0.25, 0.3) is 11.4 Å². The summed E-state index contributed by atoms with van der Waals surface area (Å²) in [6.45, 7) is 6.74. The van der Waals surface area contributed by atoms with Gasteiger partial charge in [-0.3, -0.25) is 4.79 Å². The van der Waals surface area contributed by atoms with Crippen LogP contribution in [0.3, 0.4) is 0 Å². The van der Waals surface area contributed by atoms with E-state index < -0.39 is 23.9 Å². The smallest absolute Gasteiger partial charge is 0.410 e. The Kier molecular flexibility index (Phi) is 9.11. The fourth-order valence-corrected chi connectivity index (χ4v) is 4.27. The van der Waals surface area contributed by atoms with Crippen molar-refractivity contribution in [2.45, 2.75) is 45.2 Å². The van der Waals surface area contributed by atoms with E-state index in [2.05, 4.69) is 20.3 Å². The summed E-state index contributed by atoms with van der Waals surface area (Å²) in [5, 5.41) is 2.76. The van der Waals surface area contributed by atoms with Crippen molar-refractivity contribution in [2.24, 2.45) is 0 Å². The zero-order chi connectivity index (χ0) is 28.0. The van der Waals surface area contributed by atoms with E-state index in [1.54, 1.807) is 17.0 Å². The second-order valence-corrected chi connectivity index (χ2v) is 10.5. The monoisotopic (exact) mass is 553 g/mol. The number of hydrogen-bond acceptors (Lipinski definition) is 8. The van der Waals surface area contributed by atoms with Gasteiger partial charge in [-0.05, 0) is 50.1 Å². The second kappa shape index (κ2) is 12.5. The third-order valence-corrected chi connectivity index (χ3v) is 6.00. The molecule has 206 valence electrons. The molecule has 1 aliphatic rings. The second-order valence-electron chi connectivity index (χ2n) is 10.1. The third-order valence-electron chi connectivity index (χ3n) is 5.81. The number of halogens is 1. The number of rotatable bonds is 7. The van der Waals surface area contributed by atoms with Gasteiger partial charge in [0.25, 0.3) is 5.91 Å². The number of benzene rings is 1. The highest BCUT2D eigenvalue weighted by atomic mass is 35.5. The number of nitrogens with zero attached hydrogens (tertiary/aromatic N) is 4. The third kappa shape index (κ3) is 7.95. The van der Waals surface area contributed by atoms with E-state index in [0.717, 1.165) is 5.56 Å². The number of hydrogen-bond donors (Lipinski definition) is 1. The van der Waals surface area contributed by atoms with Gasteiger partial charge in [0.1, 0.15) is 28.9 Å². The van der Waals surface area contributed by atoms with Crippen molar-refractivity contribution in [1.29, 1.82) is 0 Å². The number of carbonyl (C=O) groups excluding carboxylic acids is 2. The van der Waals surface area contributed by atoms with Crippen LogP contribution >= 0.6 is 11.6 Å². The van der Waals surface area contributed by atoms with Crippen LogP contribution in [0, 0.1) is 0 Å². The fourth-order valence-electron chi connectivity index (χ4n) is 4.06. The molecular weight excluding hydrogens is 522 g/mol. The summed E-state index contributed by atoms with van der Waals surface area (Å²) in [6, 6.07) is 14.8. The quantitative estimate of drug-likeness (QED) is 0.427. The minimum atomic E-state index is -0.646. The Morgan fingerprint density at radius 2 is 1.87 bits per heavy atom. The molecule has 2 atom stereocenters. The molecule has 10 nitrogen and oxygen atoms in total. The number of morpholine rings is 1. The van der Waals surface area contributed by atoms with Crippen LogP contribution in [0.2, 0.25) is 5.15 Å². The minimum Gasteiger partial charge on any atom is -0.444 e. The average molecular weight is 554 g/mol. The van der Waals surface area contributed by atoms with Crippen molar-refractivity contribution >= 4 is 23.6 Å². The lowest BCUT2D eigenvalue weighted by molar-refractivity contribution is -0.116. The normalized spacial score (nSPS) is 17.5. The lowest BCUT2D eigenvalue weighted by atomic mass is 10.1. The lowest BCUT2D eigenvalue weighted by Gasteiger charge is -2.38. The number of carbonyl (C=O) groups is 2. The SMILES string of the molecule is CNC(=O)c1cc(-c2cc(C3CN(C(=O)OC(C)(C)C)CC(COCc4ccccc4)O3)cc(Cl)n2)ncn1. The molecule has 0 saturated carbocycles. The van der Waals surface area contributed by atoms with Crippen LogP contribution in [0.1, 0.15) is 48.5 Å². The Hall–Kier alpha value is -3.60. The van der Waals surface area contributed by atoms with Crippen molar-refractivity contribution in [3.63, 3.8) is 0 Å². The molecule has 39 heavy (non-hydrogen) atoms. The molecule has 1 saturated heterocycles. The topological polar surface area (TPSA) is 116 Å². The molecule has 0 aliphatic carbocycles. The minimum absolute atomic E-state index is 0.200. The van der Waals surface area contributed by atoms with Crippen molar-refractivity contribution in [3.05, 3.63) is 76.8 Å². The van der Waals surface area contributed by atoms with Gasteiger partial charge in [-0.25, -0.2) is 19.7 Å². The summed E-state index contributed by atoms with van der Waals surface area (Å²) in [7, 11) is 1.52. The van der Waals surface area contributed by atoms with Gasteiger partial charge in [0.2, 0.25) is 0 Å². The van der Waals surface area contributed by atoms with Gasteiger partial charge in [0, 0.05) is 7.05 Å². The van der Waals surface area contributed by atoms with E-state index in [1.165, 1.54) is 19.4 Å². The highest BCUT2D eigenvalue weighted by Gasteiger charge is 2.34. The maximum absolute atomic E-state index is 13.0. The molecule has 1 aromatic carbocycles. The predicted octanol–water partition coefficient (Wildman–Crippen LogP) is 4.45. The molecular formula is C28H32ClN5O5. The van der Waals surface area contributed by atoms with Crippen LogP contribution in [0.15, 0.2) is 54.9 Å².